The number of Topliss-reactive ketones (excluding diaryl/α,β-unsaturated/α-hetero) is 1. The van der Waals surface area contributed by atoms with Crippen LogP contribution in [0.25, 0.3) is 0 Å². The van der Waals surface area contributed by atoms with Crippen molar-refractivity contribution in [1.29, 1.82) is 0 Å². The molecule has 2 aliphatic rings. The molecule has 0 aromatic heterocycles. The second kappa shape index (κ2) is 3.53. The van der Waals surface area contributed by atoms with Gasteiger partial charge in [-0.3, -0.25) is 4.79 Å². The Hall–Kier alpha value is -0.0200. The maximum absolute atomic E-state index is 12.1. The summed E-state index contributed by atoms with van der Waals surface area (Å²) in [6.07, 6.45) is 4.99. The van der Waals surface area contributed by atoms with Gasteiger partial charge in [0, 0.05) is 11.2 Å². The van der Waals surface area contributed by atoms with Gasteiger partial charge in [-0.2, -0.15) is 0 Å². The molecule has 1 atom stereocenters. The van der Waals surface area contributed by atoms with Crippen molar-refractivity contribution in [3.63, 3.8) is 0 Å². The zero-order valence-corrected chi connectivity index (χ0v) is 10.7. The summed E-state index contributed by atoms with van der Waals surface area (Å²) in [7, 11) is 0. The molecule has 0 radical (unpaired) electrons. The fourth-order valence-corrected chi connectivity index (χ4v) is 3.51. The van der Waals surface area contributed by atoms with Crippen molar-refractivity contribution in [2.45, 2.75) is 20.3 Å². The minimum atomic E-state index is -0.155. The van der Waals surface area contributed by atoms with Crippen LogP contribution in [0, 0.1) is 11.3 Å². The van der Waals surface area contributed by atoms with E-state index in [1.807, 2.05) is 25.6 Å². The van der Waals surface area contributed by atoms with E-state index in [-0.39, 0.29) is 11.3 Å². The van der Waals surface area contributed by atoms with Crippen LogP contribution in [0.3, 0.4) is 0 Å². The maximum atomic E-state index is 12.1. The van der Waals surface area contributed by atoms with Gasteiger partial charge in [0.25, 0.3) is 0 Å². The van der Waals surface area contributed by atoms with E-state index in [0.29, 0.717) is 5.78 Å². The lowest BCUT2D eigenvalue weighted by atomic mass is 9.79. The molecule has 0 saturated carbocycles. The highest BCUT2D eigenvalue weighted by atomic mass is 79.9. The van der Waals surface area contributed by atoms with Gasteiger partial charge in [0.1, 0.15) is 5.78 Å². The number of carbonyl (C=O) groups is 1. The van der Waals surface area contributed by atoms with Crippen molar-refractivity contribution in [3.8, 4) is 0 Å². The molecule has 1 aliphatic carbocycles. The van der Waals surface area contributed by atoms with Gasteiger partial charge in [-0.05, 0) is 15.8 Å². The predicted molar refractivity (Wildman–Crippen MR) is 64.4 cm³/mol. The highest BCUT2D eigenvalue weighted by molar-refractivity contribution is 9.11. The fraction of sp³-hybridized carbons (Fsp3) is 0.545. The summed E-state index contributed by atoms with van der Waals surface area (Å²) >= 11 is 5.31. The van der Waals surface area contributed by atoms with Crippen molar-refractivity contribution >= 4 is 33.5 Å². The van der Waals surface area contributed by atoms with E-state index < -0.39 is 0 Å². The van der Waals surface area contributed by atoms with Crippen molar-refractivity contribution in [3.05, 3.63) is 21.5 Å². The molecule has 1 aliphatic heterocycles. The van der Waals surface area contributed by atoms with Crippen LogP contribution in [0.2, 0.25) is 0 Å². The maximum Gasteiger partial charge on any atom is 0.147 e. The Bertz CT molecular complexity index is 341. The minimum absolute atomic E-state index is 0.114. The summed E-state index contributed by atoms with van der Waals surface area (Å²) in [6, 6.07) is 0. The molecular formula is C11H13BrOS. The first-order chi connectivity index (χ1) is 6.50. The first-order valence-corrected chi connectivity index (χ1v) is 6.52. The number of fused-ring (bicyclic) bond motifs is 1. The molecular weight excluding hydrogens is 260 g/mol. The largest absolute Gasteiger partial charge is 0.298 e. The highest BCUT2D eigenvalue weighted by Crippen LogP contribution is 2.46. The Kier molecular flexibility index (Phi) is 2.64. The molecule has 14 heavy (non-hydrogen) atoms. The van der Waals surface area contributed by atoms with E-state index in [2.05, 4.69) is 28.1 Å². The van der Waals surface area contributed by atoms with E-state index in [9.17, 15) is 4.79 Å². The van der Waals surface area contributed by atoms with Gasteiger partial charge in [0.05, 0.1) is 5.92 Å². The quantitative estimate of drug-likeness (QED) is 0.671. The number of hydrogen-bond acceptors (Lipinski definition) is 2. The van der Waals surface area contributed by atoms with E-state index in [4.69, 9.17) is 0 Å². The van der Waals surface area contributed by atoms with Crippen LogP contribution < -0.4 is 0 Å². The zero-order valence-electron chi connectivity index (χ0n) is 8.34. The molecule has 0 aromatic rings. The average molecular weight is 273 g/mol. The first kappa shape index (κ1) is 10.5. The lowest BCUT2D eigenvalue weighted by Crippen LogP contribution is -2.38. The lowest BCUT2D eigenvalue weighted by Gasteiger charge is -2.36. The zero-order chi connectivity index (χ0) is 10.3. The smallest absolute Gasteiger partial charge is 0.147 e. The monoisotopic (exact) mass is 272 g/mol. The predicted octanol–water partition coefficient (Wildman–Crippen LogP) is 3.51. The number of hydrogen-bond donors (Lipinski definition) is 0. The molecule has 2 rings (SSSR count). The van der Waals surface area contributed by atoms with Crippen molar-refractivity contribution < 1.29 is 4.79 Å². The van der Waals surface area contributed by atoms with Crippen LogP contribution in [0.1, 0.15) is 20.3 Å². The Labute approximate surface area is 97.1 Å². The van der Waals surface area contributed by atoms with Gasteiger partial charge in [0.15, 0.2) is 0 Å². The van der Waals surface area contributed by atoms with E-state index in [1.165, 1.54) is 4.91 Å². The Balaban J connectivity index is 2.30. The normalized spacial score (nSPS) is 30.5. The van der Waals surface area contributed by atoms with E-state index in [0.717, 1.165) is 16.7 Å². The van der Waals surface area contributed by atoms with Crippen LogP contribution in [-0.4, -0.2) is 11.5 Å². The van der Waals surface area contributed by atoms with Crippen molar-refractivity contribution in [2.75, 3.05) is 5.75 Å². The number of allylic oxidation sites excluding steroid dienone is 4. The molecule has 1 fully saturated rings. The SMILES string of the molecule is CC1(C)CSC2=CC=C(Br)CC2C1=O. The molecule has 0 amide bonds. The number of thioether (sulfide) groups is 1. The van der Waals surface area contributed by atoms with Crippen molar-refractivity contribution in [1.82, 2.24) is 0 Å². The van der Waals surface area contributed by atoms with Gasteiger partial charge in [-0.15, -0.1) is 11.8 Å². The molecule has 1 heterocycles. The Morgan fingerprint density at radius 3 is 2.93 bits per heavy atom. The molecule has 3 heteroatoms. The number of rotatable bonds is 0. The average Bonchev–Trinajstić information content (AvgIpc) is 2.13. The molecule has 0 spiro atoms. The molecule has 0 N–H and O–H groups in total. The summed E-state index contributed by atoms with van der Waals surface area (Å²) in [6.45, 7) is 4.09. The summed E-state index contributed by atoms with van der Waals surface area (Å²) in [5, 5.41) is 0. The Morgan fingerprint density at radius 1 is 1.50 bits per heavy atom. The van der Waals surface area contributed by atoms with Crippen LogP contribution in [0.4, 0.5) is 0 Å². The lowest BCUT2D eigenvalue weighted by molar-refractivity contribution is -0.129. The summed E-state index contributed by atoms with van der Waals surface area (Å²) < 4.78 is 1.14. The van der Waals surface area contributed by atoms with Gasteiger partial charge in [-0.1, -0.05) is 41.9 Å². The van der Waals surface area contributed by atoms with E-state index >= 15 is 0 Å². The molecule has 0 bridgehead atoms. The molecule has 1 nitrogen and oxygen atoms in total. The molecule has 76 valence electrons. The third kappa shape index (κ3) is 1.72. The topological polar surface area (TPSA) is 17.1 Å². The fourth-order valence-electron chi connectivity index (χ4n) is 1.83. The van der Waals surface area contributed by atoms with Crippen LogP contribution in [0.15, 0.2) is 21.5 Å². The van der Waals surface area contributed by atoms with Gasteiger partial charge >= 0.3 is 0 Å². The van der Waals surface area contributed by atoms with Crippen LogP contribution in [0.5, 0.6) is 0 Å². The highest BCUT2D eigenvalue weighted by Gasteiger charge is 2.41. The first-order valence-electron chi connectivity index (χ1n) is 4.74. The van der Waals surface area contributed by atoms with Crippen LogP contribution >= 0.6 is 27.7 Å². The summed E-state index contributed by atoms with van der Waals surface area (Å²) in [5.74, 6) is 1.43. The Morgan fingerprint density at radius 2 is 2.21 bits per heavy atom. The standard InChI is InChI=1S/C11H13BrOS/c1-11(2)6-14-9-4-3-7(12)5-8(9)10(11)13/h3-4,8H,5-6H2,1-2H3. The van der Waals surface area contributed by atoms with Gasteiger partial charge < -0.3 is 0 Å². The molecule has 1 saturated heterocycles. The third-order valence-electron chi connectivity index (χ3n) is 2.75. The summed E-state index contributed by atoms with van der Waals surface area (Å²) in [5.41, 5.74) is -0.155. The minimum Gasteiger partial charge on any atom is -0.298 e. The van der Waals surface area contributed by atoms with Crippen LogP contribution in [-0.2, 0) is 4.79 Å². The molecule has 0 aromatic carbocycles. The number of ketones is 1. The third-order valence-corrected chi connectivity index (χ3v) is 4.96. The second-order valence-corrected chi connectivity index (χ2v) is 6.54. The van der Waals surface area contributed by atoms with Gasteiger partial charge in [0.2, 0.25) is 0 Å². The number of carbonyl (C=O) groups excluding carboxylic acids is 1. The van der Waals surface area contributed by atoms with Gasteiger partial charge in [-0.25, -0.2) is 0 Å². The van der Waals surface area contributed by atoms with E-state index in [1.54, 1.807) is 0 Å². The second-order valence-electron chi connectivity index (χ2n) is 4.48. The molecule has 1 unspecified atom stereocenters. The van der Waals surface area contributed by atoms with Crippen molar-refractivity contribution in [2.24, 2.45) is 11.3 Å². The number of halogens is 1. The summed E-state index contributed by atoms with van der Waals surface area (Å²) in [4.78, 5) is 13.4.